The minimum Gasteiger partial charge on any atom is -0.368 e. The minimum absolute atomic E-state index is 0.00721. The van der Waals surface area contributed by atoms with Crippen molar-refractivity contribution in [1.82, 2.24) is 5.32 Å². The van der Waals surface area contributed by atoms with Gasteiger partial charge in [-0.1, -0.05) is 60.7 Å². The fourth-order valence-electron chi connectivity index (χ4n) is 3.31. The summed E-state index contributed by atoms with van der Waals surface area (Å²) in [6, 6.07) is 20.7. The van der Waals surface area contributed by atoms with Gasteiger partial charge in [0.05, 0.1) is 0 Å². The predicted octanol–water partition coefficient (Wildman–Crippen LogP) is 3.68. The Kier molecular flexibility index (Phi) is 5.31. The summed E-state index contributed by atoms with van der Waals surface area (Å²) in [6.07, 6.45) is 2.64. The summed E-state index contributed by atoms with van der Waals surface area (Å²) >= 11 is 0. The van der Waals surface area contributed by atoms with Crippen molar-refractivity contribution in [3.05, 3.63) is 71.8 Å². The van der Waals surface area contributed by atoms with Crippen LogP contribution in [0.4, 0.5) is 0 Å². The molecule has 3 nitrogen and oxygen atoms in total. The average Bonchev–Trinajstić information content (AvgIpc) is 2.68. The third kappa shape index (κ3) is 3.68. The number of carbonyl (C=O) groups is 1. The van der Waals surface area contributed by atoms with E-state index in [0.717, 1.165) is 19.3 Å². The van der Waals surface area contributed by atoms with E-state index < -0.39 is 0 Å². The third-order valence-corrected chi connectivity index (χ3v) is 4.91. The van der Waals surface area contributed by atoms with E-state index in [0.29, 0.717) is 13.2 Å². The van der Waals surface area contributed by atoms with Gasteiger partial charge in [0.2, 0.25) is 5.91 Å². The van der Waals surface area contributed by atoms with Crippen LogP contribution in [0, 0.1) is 0 Å². The van der Waals surface area contributed by atoms with Crippen molar-refractivity contribution < 1.29 is 9.53 Å². The zero-order valence-electron chi connectivity index (χ0n) is 14.2. The fourth-order valence-corrected chi connectivity index (χ4v) is 3.31. The second-order valence-electron chi connectivity index (χ2n) is 6.64. The van der Waals surface area contributed by atoms with Crippen LogP contribution in [-0.4, -0.2) is 25.2 Å². The monoisotopic (exact) mass is 323 g/mol. The van der Waals surface area contributed by atoms with Gasteiger partial charge in [-0.15, -0.1) is 0 Å². The SMILES string of the molecule is CC(CNC(=O)[C@H]1CCCCO1)(c1ccccc1)c1ccccc1. The first-order valence-corrected chi connectivity index (χ1v) is 8.70. The highest BCUT2D eigenvalue weighted by Crippen LogP contribution is 2.31. The maximum absolute atomic E-state index is 12.5. The van der Waals surface area contributed by atoms with Gasteiger partial charge in [0.15, 0.2) is 0 Å². The molecular weight excluding hydrogens is 298 g/mol. The molecule has 1 atom stereocenters. The molecule has 0 radical (unpaired) electrons. The van der Waals surface area contributed by atoms with Crippen molar-refractivity contribution >= 4 is 5.91 Å². The fraction of sp³-hybridized carbons (Fsp3) is 0.381. The third-order valence-electron chi connectivity index (χ3n) is 4.91. The van der Waals surface area contributed by atoms with Crippen molar-refractivity contribution in [2.24, 2.45) is 0 Å². The summed E-state index contributed by atoms with van der Waals surface area (Å²) in [5.41, 5.74) is 2.12. The lowest BCUT2D eigenvalue weighted by Gasteiger charge is -2.32. The average molecular weight is 323 g/mol. The quantitative estimate of drug-likeness (QED) is 0.911. The summed E-state index contributed by atoms with van der Waals surface area (Å²) in [7, 11) is 0. The second kappa shape index (κ2) is 7.63. The Labute approximate surface area is 144 Å². The lowest BCUT2D eigenvalue weighted by atomic mass is 9.76. The van der Waals surface area contributed by atoms with Gasteiger partial charge in [-0.05, 0) is 37.3 Å². The van der Waals surface area contributed by atoms with Crippen LogP contribution in [0.1, 0.15) is 37.3 Å². The standard InChI is InChI=1S/C21H25NO2/c1-21(17-10-4-2-5-11-17,18-12-6-3-7-13-18)16-22-20(23)19-14-8-9-15-24-19/h2-7,10-13,19H,8-9,14-16H2,1H3,(H,22,23)/t19-/m1/s1. The van der Waals surface area contributed by atoms with Gasteiger partial charge >= 0.3 is 0 Å². The Hall–Kier alpha value is -2.13. The molecule has 24 heavy (non-hydrogen) atoms. The summed E-state index contributed by atoms with van der Waals surface area (Å²) in [6.45, 7) is 3.42. The molecule has 1 saturated heterocycles. The number of hydrogen-bond acceptors (Lipinski definition) is 2. The molecule has 0 unspecified atom stereocenters. The molecule has 2 aromatic rings. The molecule has 3 rings (SSSR count). The number of hydrogen-bond donors (Lipinski definition) is 1. The maximum atomic E-state index is 12.5. The molecule has 2 aromatic carbocycles. The number of ether oxygens (including phenoxy) is 1. The van der Waals surface area contributed by atoms with E-state index in [2.05, 4.69) is 36.5 Å². The maximum Gasteiger partial charge on any atom is 0.249 e. The number of carbonyl (C=O) groups excluding carboxylic acids is 1. The summed E-state index contributed by atoms with van der Waals surface area (Å²) in [4.78, 5) is 12.5. The largest absolute Gasteiger partial charge is 0.368 e. The van der Waals surface area contributed by atoms with E-state index in [-0.39, 0.29) is 17.4 Å². The lowest BCUT2D eigenvalue weighted by molar-refractivity contribution is -0.135. The van der Waals surface area contributed by atoms with Crippen LogP contribution >= 0.6 is 0 Å². The highest BCUT2D eigenvalue weighted by Gasteiger charge is 2.31. The molecular formula is C21H25NO2. The van der Waals surface area contributed by atoms with Crippen LogP contribution in [0.2, 0.25) is 0 Å². The Morgan fingerprint density at radius 1 is 1.04 bits per heavy atom. The summed E-state index contributed by atoms with van der Waals surface area (Å²) in [5, 5.41) is 3.13. The van der Waals surface area contributed by atoms with Gasteiger partial charge < -0.3 is 10.1 Å². The van der Waals surface area contributed by atoms with E-state index >= 15 is 0 Å². The molecule has 1 heterocycles. The Morgan fingerprint density at radius 2 is 1.62 bits per heavy atom. The van der Waals surface area contributed by atoms with Crippen molar-refractivity contribution in [2.45, 2.75) is 37.7 Å². The summed E-state index contributed by atoms with van der Waals surface area (Å²) in [5.74, 6) is 0.00721. The molecule has 0 saturated carbocycles. The van der Waals surface area contributed by atoms with E-state index in [1.165, 1.54) is 11.1 Å². The normalized spacial score (nSPS) is 18.1. The minimum atomic E-state index is -0.297. The molecule has 126 valence electrons. The Bertz CT molecular complexity index is 609. The number of nitrogens with one attached hydrogen (secondary N) is 1. The van der Waals surface area contributed by atoms with Crippen molar-refractivity contribution in [3.63, 3.8) is 0 Å². The van der Waals surface area contributed by atoms with Gasteiger partial charge in [0.1, 0.15) is 6.10 Å². The van der Waals surface area contributed by atoms with Crippen molar-refractivity contribution in [1.29, 1.82) is 0 Å². The zero-order valence-corrected chi connectivity index (χ0v) is 14.2. The summed E-state index contributed by atoms with van der Waals surface area (Å²) < 4.78 is 5.60. The van der Waals surface area contributed by atoms with Crippen LogP contribution in [0.15, 0.2) is 60.7 Å². The van der Waals surface area contributed by atoms with E-state index in [1.807, 2.05) is 36.4 Å². The number of rotatable bonds is 5. The van der Waals surface area contributed by atoms with E-state index in [1.54, 1.807) is 0 Å². The molecule has 0 spiro atoms. The Balaban J connectivity index is 1.79. The molecule has 0 bridgehead atoms. The van der Waals surface area contributed by atoms with Gasteiger partial charge in [0.25, 0.3) is 0 Å². The first kappa shape index (κ1) is 16.7. The first-order valence-electron chi connectivity index (χ1n) is 8.70. The highest BCUT2D eigenvalue weighted by molar-refractivity contribution is 5.81. The van der Waals surface area contributed by atoms with Crippen LogP contribution in [0.3, 0.4) is 0 Å². The van der Waals surface area contributed by atoms with Crippen molar-refractivity contribution in [2.75, 3.05) is 13.2 Å². The number of benzene rings is 2. The molecule has 1 N–H and O–H groups in total. The Morgan fingerprint density at radius 3 is 2.12 bits per heavy atom. The van der Waals surface area contributed by atoms with Gasteiger partial charge in [-0.3, -0.25) is 4.79 Å². The molecule has 3 heteroatoms. The van der Waals surface area contributed by atoms with Gasteiger partial charge in [0, 0.05) is 18.6 Å². The smallest absolute Gasteiger partial charge is 0.249 e. The second-order valence-corrected chi connectivity index (χ2v) is 6.64. The van der Waals surface area contributed by atoms with Crippen LogP contribution in [0.5, 0.6) is 0 Å². The predicted molar refractivity (Wildman–Crippen MR) is 95.9 cm³/mol. The molecule has 0 aliphatic carbocycles. The molecule has 1 aliphatic rings. The van der Waals surface area contributed by atoms with Gasteiger partial charge in [-0.2, -0.15) is 0 Å². The molecule has 1 aliphatic heterocycles. The molecule has 1 fully saturated rings. The lowest BCUT2D eigenvalue weighted by Crippen LogP contribution is -2.45. The van der Waals surface area contributed by atoms with Crippen LogP contribution < -0.4 is 5.32 Å². The topological polar surface area (TPSA) is 38.3 Å². The van der Waals surface area contributed by atoms with Crippen LogP contribution in [-0.2, 0) is 14.9 Å². The molecule has 0 aromatic heterocycles. The van der Waals surface area contributed by atoms with Gasteiger partial charge in [-0.25, -0.2) is 0 Å². The van der Waals surface area contributed by atoms with E-state index in [4.69, 9.17) is 4.74 Å². The van der Waals surface area contributed by atoms with Crippen molar-refractivity contribution in [3.8, 4) is 0 Å². The van der Waals surface area contributed by atoms with E-state index in [9.17, 15) is 4.79 Å². The first-order chi connectivity index (χ1) is 11.7. The molecule has 1 amide bonds. The van der Waals surface area contributed by atoms with Crippen LogP contribution in [0.25, 0.3) is 0 Å². The highest BCUT2D eigenvalue weighted by atomic mass is 16.5. The zero-order chi connectivity index (χ0) is 16.8. The number of amides is 1.